The summed E-state index contributed by atoms with van der Waals surface area (Å²) in [6.07, 6.45) is 6.46. The first-order valence-electron chi connectivity index (χ1n) is 11.9. The number of carbonyl (C=O) groups excluding carboxylic acids is 4. The van der Waals surface area contributed by atoms with Crippen molar-refractivity contribution >= 4 is 29.6 Å². The summed E-state index contributed by atoms with van der Waals surface area (Å²) in [4.78, 5) is 75.3. The van der Waals surface area contributed by atoms with Gasteiger partial charge in [0.2, 0.25) is 23.6 Å². The van der Waals surface area contributed by atoms with Crippen LogP contribution < -0.4 is 33.2 Å². The standard InChI is InChI=1S/C22H34N10O6/c23-4-2-1-3-14(24)19(34)30-15(5-12-8-26-10-28-12)20(35)31-16(7-18(25)33)21(36)32-17(22(37)38)6-13-9-27-11-29-13/h8-11,14-17H,1-7,23-24H2,(H2,25,33)(H,26,28)(H,27,29)(H,30,34)(H,31,35)(H,32,36)(H,37,38). The largest absolute Gasteiger partial charge is 0.480 e. The molecule has 12 N–H and O–H groups in total. The van der Waals surface area contributed by atoms with Crippen LogP contribution in [0.25, 0.3) is 0 Å². The lowest BCUT2D eigenvalue weighted by Gasteiger charge is -2.24. The molecule has 208 valence electrons. The molecule has 0 aromatic carbocycles. The Hall–Kier alpha value is -4.31. The molecular formula is C22H34N10O6. The van der Waals surface area contributed by atoms with Crippen molar-refractivity contribution in [2.45, 2.75) is 62.7 Å². The van der Waals surface area contributed by atoms with Crippen LogP contribution >= 0.6 is 0 Å². The molecule has 2 aromatic heterocycles. The van der Waals surface area contributed by atoms with Crippen LogP contribution in [0, 0.1) is 0 Å². The Balaban J connectivity index is 2.15. The van der Waals surface area contributed by atoms with E-state index in [4.69, 9.17) is 17.2 Å². The number of primary amides is 1. The van der Waals surface area contributed by atoms with Crippen LogP contribution in [0.2, 0.25) is 0 Å². The predicted molar refractivity (Wildman–Crippen MR) is 133 cm³/mol. The molecule has 0 aliphatic rings. The minimum atomic E-state index is -1.51. The average Bonchev–Trinajstić information content (AvgIpc) is 3.56. The molecule has 2 rings (SSSR count). The van der Waals surface area contributed by atoms with E-state index >= 15 is 0 Å². The van der Waals surface area contributed by atoms with Gasteiger partial charge in [0.1, 0.15) is 18.1 Å². The van der Waals surface area contributed by atoms with E-state index in [0.29, 0.717) is 37.2 Å². The predicted octanol–water partition coefficient (Wildman–Crippen LogP) is -3.21. The Bertz CT molecular complexity index is 1060. The Morgan fingerprint density at radius 1 is 0.842 bits per heavy atom. The van der Waals surface area contributed by atoms with Crippen molar-refractivity contribution in [2.75, 3.05) is 6.54 Å². The zero-order valence-corrected chi connectivity index (χ0v) is 20.7. The van der Waals surface area contributed by atoms with Crippen LogP contribution in [0.3, 0.4) is 0 Å². The summed E-state index contributed by atoms with van der Waals surface area (Å²) >= 11 is 0. The molecule has 0 aliphatic carbocycles. The molecule has 0 fully saturated rings. The number of carboxylic acids is 1. The smallest absolute Gasteiger partial charge is 0.326 e. The molecule has 4 unspecified atom stereocenters. The molecule has 2 heterocycles. The van der Waals surface area contributed by atoms with Crippen molar-refractivity contribution in [3.63, 3.8) is 0 Å². The van der Waals surface area contributed by atoms with Gasteiger partial charge in [0, 0.05) is 36.6 Å². The van der Waals surface area contributed by atoms with Gasteiger partial charge in [-0.15, -0.1) is 0 Å². The Morgan fingerprint density at radius 2 is 1.37 bits per heavy atom. The summed E-state index contributed by atoms with van der Waals surface area (Å²) in [5, 5.41) is 16.8. The molecule has 0 saturated heterocycles. The number of unbranched alkanes of at least 4 members (excludes halogenated alkanes) is 1. The maximum Gasteiger partial charge on any atom is 0.326 e. The highest BCUT2D eigenvalue weighted by Crippen LogP contribution is 2.05. The van der Waals surface area contributed by atoms with E-state index < -0.39 is 60.2 Å². The van der Waals surface area contributed by atoms with Crippen LogP contribution in [0.5, 0.6) is 0 Å². The van der Waals surface area contributed by atoms with Crippen molar-refractivity contribution < 1.29 is 29.1 Å². The molecular weight excluding hydrogens is 500 g/mol. The van der Waals surface area contributed by atoms with Crippen LogP contribution in [0.4, 0.5) is 0 Å². The summed E-state index contributed by atoms with van der Waals surface area (Å²) in [6.45, 7) is 0.452. The number of hydrogen-bond donors (Lipinski definition) is 9. The van der Waals surface area contributed by atoms with Gasteiger partial charge in [-0.25, -0.2) is 14.8 Å². The number of imidazole rings is 2. The lowest BCUT2D eigenvalue weighted by molar-refractivity contribution is -0.142. The van der Waals surface area contributed by atoms with Gasteiger partial charge in [-0.3, -0.25) is 19.2 Å². The number of aromatic amines is 2. The number of aliphatic carboxylic acids is 1. The number of carbonyl (C=O) groups is 5. The van der Waals surface area contributed by atoms with E-state index in [9.17, 15) is 29.1 Å². The molecule has 0 radical (unpaired) electrons. The van der Waals surface area contributed by atoms with Gasteiger partial charge in [0.15, 0.2) is 0 Å². The number of aromatic nitrogens is 4. The van der Waals surface area contributed by atoms with E-state index in [1.165, 1.54) is 25.0 Å². The van der Waals surface area contributed by atoms with Crippen molar-refractivity contribution in [3.8, 4) is 0 Å². The number of carboxylic acid groups (broad SMARTS) is 1. The molecule has 4 atom stereocenters. The molecule has 38 heavy (non-hydrogen) atoms. The first-order chi connectivity index (χ1) is 18.1. The lowest BCUT2D eigenvalue weighted by Crippen LogP contribution is -2.58. The number of rotatable bonds is 17. The number of H-pyrrole nitrogens is 2. The fourth-order valence-electron chi connectivity index (χ4n) is 3.52. The Morgan fingerprint density at radius 3 is 1.87 bits per heavy atom. The fraction of sp³-hybridized carbons (Fsp3) is 0.500. The second-order valence-corrected chi connectivity index (χ2v) is 8.65. The first-order valence-corrected chi connectivity index (χ1v) is 11.9. The minimum Gasteiger partial charge on any atom is -0.480 e. The highest BCUT2D eigenvalue weighted by Gasteiger charge is 2.31. The third-order valence-corrected chi connectivity index (χ3v) is 5.55. The monoisotopic (exact) mass is 534 g/mol. The lowest BCUT2D eigenvalue weighted by atomic mass is 10.1. The molecule has 0 saturated carbocycles. The fourth-order valence-corrected chi connectivity index (χ4v) is 3.52. The zero-order valence-electron chi connectivity index (χ0n) is 20.7. The van der Waals surface area contributed by atoms with Crippen LogP contribution in [-0.2, 0) is 36.8 Å². The van der Waals surface area contributed by atoms with Gasteiger partial charge in [-0.2, -0.15) is 0 Å². The zero-order chi connectivity index (χ0) is 28.1. The van der Waals surface area contributed by atoms with E-state index in [2.05, 4.69) is 35.9 Å². The molecule has 4 amide bonds. The third kappa shape index (κ3) is 9.98. The molecule has 16 heteroatoms. The summed E-state index contributed by atoms with van der Waals surface area (Å²) in [7, 11) is 0. The third-order valence-electron chi connectivity index (χ3n) is 5.55. The Kier molecular flexibility index (Phi) is 11.9. The first kappa shape index (κ1) is 29.9. The van der Waals surface area contributed by atoms with E-state index in [0.717, 1.165) is 0 Å². The normalized spacial score (nSPS) is 14.1. The van der Waals surface area contributed by atoms with Gasteiger partial charge in [0.25, 0.3) is 0 Å². The molecule has 0 spiro atoms. The summed E-state index contributed by atoms with van der Waals surface area (Å²) in [5.74, 6) is -4.62. The highest BCUT2D eigenvalue weighted by atomic mass is 16.4. The number of nitrogens with two attached hydrogens (primary N) is 3. The van der Waals surface area contributed by atoms with Crippen molar-refractivity contribution in [2.24, 2.45) is 17.2 Å². The van der Waals surface area contributed by atoms with E-state index in [1.807, 2.05) is 0 Å². The maximum atomic E-state index is 13.2. The van der Waals surface area contributed by atoms with Gasteiger partial charge < -0.3 is 48.2 Å². The van der Waals surface area contributed by atoms with Crippen LogP contribution in [0.15, 0.2) is 25.0 Å². The number of amides is 4. The quantitative estimate of drug-likeness (QED) is 0.0915. The SMILES string of the molecule is NCCCCC(N)C(=O)NC(Cc1cnc[nH]1)C(=O)NC(CC(N)=O)C(=O)NC(Cc1cnc[nH]1)C(=O)O. The van der Waals surface area contributed by atoms with Crippen molar-refractivity contribution in [3.05, 3.63) is 36.4 Å². The van der Waals surface area contributed by atoms with Gasteiger partial charge in [-0.05, 0) is 19.4 Å². The molecule has 16 nitrogen and oxygen atoms in total. The molecule has 0 bridgehead atoms. The van der Waals surface area contributed by atoms with Crippen molar-refractivity contribution in [1.82, 2.24) is 35.9 Å². The van der Waals surface area contributed by atoms with E-state index in [1.54, 1.807) is 0 Å². The number of nitrogens with zero attached hydrogens (tertiary/aromatic N) is 2. The summed E-state index contributed by atoms with van der Waals surface area (Å²) in [6, 6.07) is -5.00. The van der Waals surface area contributed by atoms with E-state index in [-0.39, 0.29) is 12.8 Å². The molecule has 0 aliphatic heterocycles. The minimum absolute atomic E-state index is 0.0322. The van der Waals surface area contributed by atoms with Crippen LogP contribution in [-0.4, -0.2) is 85.4 Å². The summed E-state index contributed by atoms with van der Waals surface area (Å²) in [5.41, 5.74) is 17.6. The molecule has 2 aromatic rings. The second-order valence-electron chi connectivity index (χ2n) is 8.65. The van der Waals surface area contributed by atoms with Gasteiger partial charge in [0.05, 0.1) is 25.1 Å². The highest BCUT2D eigenvalue weighted by molar-refractivity contribution is 5.96. The van der Waals surface area contributed by atoms with Crippen LogP contribution in [0.1, 0.15) is 37.1 Å². The second kappa shape index (κ2) is 15.1. The maximum absolute atomic E-state index is 13.2. The number of nitrogens with one attached hydrogen (secondary N) is 5. The van der Waals surface area contributed by atoms with Crippen molar-refractivity contribution in [1.29, 1.82) is 0 Å². The Labute approximate surface area is 217 Å². The number of hydrogen-bond acceptors (Lipinski definition) is 9. The average molecular weight is 535 g/mol. The summed E-state index contributed by atoms with van der Waals surface area (Å²) < 4.78 is 0. The topological polar surface area (TPSA) is 277 Å². The van der Waals surface area contributed by atoms with Gasteiger partial charge in [-0.1, -0.05) is 6.42 Å². The van der Waals surface area contributed by atoms with Gasteiger partial charge >= 0.3 is 5.97 Å².